The predicted octanol–water partition coefficient (Wildman–Crippen LogP) is 3.38. The number of rotatable bonds is 7. The van der Waals surface area contributed by atoms with Gasteiger partial charge in [-0.2, -0.15) is 13.2 Å². The van der Waals surface area contributed by atoms with E-state index in [2.05, 4.69) is 10.3 Å². The molecule has 5 N–H and O–H groups in total. The van der Waals surface area contributed by atoms with E-state index < -0.39 is 42.1 Å². The number of aromatic nitrogens is 1. The molecule has 0 amide bonds. The molecule has 170 valence electrons. The number of aryl methyl sites for hydroxylation is 1. The molecule has 1 aliphatic heterocycles. The van der Waals surface area contributed by atoms with Crippen LogP contribution in [0, 0.1) is 12.7 Å². The van der Waals surface area contributed by atoms with E-state index >= 15 is 4.39 Å². The topological polar surface area (TPSA) is 80.2 Å². The lowest BCUT2D eigenvalue weighted by molar-refractivity contribution is -0.137. The van der Waals surface area contributed by atoms with Gasteiger partial charge in [0.1, 0.15) is 5.82 Å². The van der Waals surface area contributed by atoms with Gasteiger partial charge in [0, 0.05) is 36.6 Å². The van der Waals surface area contributed by atoms with E-state index in [0.29, 0.717) is 32.0 Å². The van der Waals surface area contributed by atoms with Gasteiger partial charge < -0.3 is 11.5 Å². The molecule has 0 radical (unpaired) electrons. The fourth-order valence-electron chi connectivity index (χ4n) is 3.80. The lowest BCUT2D eigenvalue weighted by Gasteiger charge is -2.35. The molecule has 3 rings (SSSR count). The van der Waals surface area contributed by atoms with Gasteiger partial charge in [-0.05, 0) is 43.5 Å². The summed E-state index contributed by atoms with van der Waals surface area (Å²) in [5, 5.41) is 2.87. The maximum absolute atomic E-state index is 15.0. The van der Waals surface area contributed by atoms with Crippen molar-refractivity contribution in [1.29, 1.82) is 0 Å². The van der Waals surface area contributed by atoms with Gasteiger partial charge in [0.25, 0.3) is 0 Å². The Morgan fingerprint density at radius 3 is 2.58 bits per heavy atom. The largest absolute Gasteiger partial charge is 0.416 e. The Balaban J connectivity index is 1.67. The summed E-state index contributed by atoms with van der Waals surface area (Å²) in [6, 6.07) is 5.45. The molecule has 1 aromatic carbocycles. The fourth-order valence-corrected chi connectivity index (χ4v) is 3.80. The smallest absolute Gasteiger partial charge is 0.313 e. The van der Waals surface area contributed by atoms with Crippen LogP contribution in [0.25, 0.3) is 0 Å². The number of halogens is 5. The Bertz CT molecular complexity index is 873. The lowest BCUT2D eigenvalue weighted by Crippen LogP contribution is -2.58. The average molecular weight is 443 g/mol. The zero-order chi connectivity index (χ0) is 22.8. The third-order valence-electron chi connectivity index (χ3n) is 5.55. The highest BCUT2D eigenvalue weighted by Gasteiger charge is 2.38. The first-order valence-corrected chi connectivity index (χ1v) is 10.0. The van der Waals surface area contributed by atoms with Gasteiger partial charge in [-0.25, -0.2) is 8.78 Å². The normalized spacial score (nSPS) is 20.6. The summed E-state index contributed by atoms with van der Waals surface area (Å²) in [6.45, 7) is 2.53. The SMILES string of the molecule is Cc1ccc(CNC(N)C(F)C(N)N2CCC[C@@H]2c2ccc(C(F)(F)F)cc2F)cn1. The van der Waals surface area contributed by atoms with Crippen LogP contribution in [0.5, 0.6) is 0 Å². The molecule has 0 bridgehead atoms. The summed E-state index contributed by atoms with van der Waals surface area (Å²) < 4.78 is 67.9. The summed E-state index contributed by atoms with van der Waals surface area (Å²) >= 11 is 0. The third-order valence-corrected chi connectivity index (χ3v) is 5.55. The van der Waals surface area contributed by atoms with Crippen molar-refractivity contribution in [2.45, 2.75) is 57.0 Å². The molecule has 1 saturated heterocycles. The number of nitrogens with two attached hydrogens (primary N) is 2. The molecule has 0 saturated carbocycles. The first-order chi connectivity index (χ1) is 14.6. The Morgan fingerprint density at radius 1 is 1.23 bits per heavy atom. The molecule has 5 nitrogen and oxygen atoms in total. The molecular formula is C21H26F5N5. The van der Waals surface area contributed by atoms with Gasteiger partial charge in [-0.15, -0.1) is 0 Å². The van der Waals surface area contributed by atoms with Crippen LogP contribution < -0.4 is 16.8 Å². The number of likely N-dealkylation sites (tertiary alicyclic amines) is 1. The molecule has 31 heavy (non-hydrogen) atoms. The Morgan fingerprint density at radius 2 is 1.97 bits per heavy atom. The fraction of sp³-hybridized carbons (Fsp3) is 0.476. The standard InChI is InChI=1S/C21H26F5N5/c1-12-4-5-13(10-29-12)11-30-19(27)18(23)20(28)31-8-2-3-17(31)15-7-6-14(9-16(15)22)21(24,25)26/h4-7,9-10,17-20,30H,2-3,8,11,27-28H2,1H3/t17-,18?,19?,20?/m1/s1. The summed E-state index contributed by atoms with van der Waals surface area (Å²) in [6.07, 6.45) is -5.82. The van der Waals surface area contributed by atoms with Crippen molar-refractivity contribution in [2.24, 2.45) is 11.5 Å². The Hall–Kier alpha value is -2.14. The molecule has 0 aliphatic carbocycles. The zero-order valence-corrected chi connectivity index (χ0v) is 17.0. The van der Waals surface area contributed by atoms with Crippen molar-refractivity contribution in [2.75, 3.05) is 6.54 Å². The van der Waals surface area contributed by atoms with Crippen molar-refractivity contribution in [1.82, 2.24) is 15.2 Å². The third kappa shape index (κ3) is 5.57. The minimum Gasteiger partial charge on any atom is -0.313 e. The van der Waals surface area contributed by atoms with Gasteiger partial charge in [-0.3, -0.25) is 15.2 Å². The van der Waals surface area contributed by atoms with Crippen LogP contribution in [0.3, 0.4) is 0 Å². The first-order valence-electron chi connectivity index (χ1n) is 10.0. The Kier molecular flexibility index (Phi) is 7.25. The van der Waals surface area contributed by atoms with Crippen molar-refractivity contribution in [3.05, 3.63) is 64.7 Å². The number of pyridine rings is 1. The van der Waals surface area contributed by atoms with Crippen LogP contribution in [0.2, 0.25) is 0 Å². The molecule has 10 heteroatoms. The second-order valence-corrected chi connectivity index (χ2v) is 7.78. The maximum atomic E-state index is 15.0. The monoisotopic (exact) mass is 443 g/mol. The molecule has 1 aromatic heterocycles. The Labute approximate surface area is 177 Å². The molecule has 0 spiro atoms. The zero-order valence-electron chi connectivity index (χ0n) is 17.0. The van der Waals surface area contributed by atoms with Gasteiger partial charge in [0.15, 0.2) is 6.17 Å². The minimum absolute atomic E-state index is 0.0698. The van der Waals surface area contributed by atoms with Crippen LogP contribution in [0.1, 0.15) is 41.3 Å². The van der Waals surface area contributed by atoms with Crippen molar-refractivity contribution in [3.8, 4) is 0 Å². The van der Waals surface area contributed by atoms with Gasteiger partial charge >= 0.3 is 6.18 Å². The predicted molar refractivity (Wildman–Crippen MR) is 107 cm³/mol. The number of hydrogen-bond donors (Lipinski definition) is 3. The summed E-state index contributed by atoms with van der Waals surface area (Å²) in [4.78, 5) is 5.72. The van der Waals surface area contributed by atoms with Crippen molar-refractivity contribution in [3.63, 3.8) is 0 Å². The van der Waals surface area contributed by atoms with E-state index in [1.807, 2.05) is 19.1 Å². The highest BCUT2D eigenvalue weighted by molar-refractivity contribution is 5.29. The van der Waals surface area contributed by atoms with E-state index in [9.17, 15) is 17.6 Å². The van der Waals surface area contributed by atoms with Crippen LogP contribution in [-0.4, -0.2) is 34.9 Å². The maximum Gasteiger partial charge on any atom is 0.416 e. The molecule has 2 aromatic rings. The minimum atomic E-state index is -4.64. The van der Waals surface area contributed by atoms with E-state index in [1.54, 1.807) is 11.1 Å². The van der Waals surface area contributed by atoms with Gasteiger partial charge in [-0.1, -0.05) is 12.1 Å². The number of alkyl halides is 4. The van der Waals surface area contributed by atoms with Crippen LogP contribution in [-0.2, 0) is 12.7 Å². The second-order valence-electron chi connectivity index (χ2n) is 7.78. The van der Waals surface area contributed by atoms with Gasteiger partial charge in [0.05, 0.1) is 17.9 Å². The van der Waals surface area contributed by atoms with E-state index in [0.717, 1.165) is 23.4 Å². The molecule has 4 atom stereocenters. The number of hydrogen-bond acceptors (Lipinski definition) is 5. The van der Waals surface area contributed by atoms with E-state index in [1.165, 1.54) is 0 Å². The second kappa shape index (κ2) is 9.56. The van der Waals surface area contributed by atoms with Crippen LogP contribution in [0.4, 0.5) is 22.0 Å². The van der Waals surface area contributed by atoms with E-state index in [4.69, 9.17) is 11.5 Å². The highest BCUT2D eigenvalue weighted by atomic mass is 19.4. The number of benzene rings is 1. The summed E-state index contributed by atoms with van der Waals surface area (Å²) in [5.74, 6) is -0.983. The molecule has 2 heterocycles. The lowest BCUT2D eigenvalue weighted by atomic mass is 10.0. The van der Waals surface area contributed by atoms with E-state index in [-0.39, 0.29) is 5.56 Å². The molecule has 3 unspecified atom stereocenters. The molecular weight excluding hydrogens is 417 g/mol. The first kappa shape index (κ1) is 23.5. The summed E-state index contributed by atoms with van der Waals surface area (Å²) in [7, 11) is 0. The number of nitrogens with zero attached hydrogens (tertiary/aromatic N) is 2. The van der Waals surface area contributed by atoms with Crippen molar-refractivity contribution >= 4 is 0 Å². The van der Waals surface area contributed by atoms with Crippen LogP contribution in [0.15, 0.2) is 36.5 Å². The average Bonchev–Trinajstić information content (AvgIpc) is 3.20. The molecule has 1 aliphatic rings. The quantitative estimate of drug-likeness (QED) is 0.452. The highest BCUT2D eigenvalue weighted by Crippen LogP contribution is 2.37. The van der Waals surface area contributed by atoms with Gasteiger partial charge in [0.2, 0.25) is 0 Å². The van der Waals surface area contributed by atoms with Crippen molar-refractivity contribution < 1.29 is 22.0 Å². The number of nitrogens with one attached hydrogen (secondary N) is 1. The summed E-state index contributed by atoms with van der Waals surface area (Å²) in [5.41, 5.74) is 12.7. The molecule has 1 fully saturated rings. The van der Waals surface area contributed by atoms with Crippen LogP contribution >= 0.6 is 0 Å².